The van der Waals surface area contributed by atoms with Gasteiger partial charge in [0.2, 0.25) is 5.91 Å². The van der Waals surface area contributed by atoms with Crippen LogP contribution in [0.1, 0.15) is 59.3 Å². The van der Waals surface area contributed by atoms with Crippen LogP contribution < -0.4 is 5.32 Å². The van der Waals surface area contributed by atoms with Crippen LogP contribution in [0, 0.1) is 29.1 Å². The van der Waals surface area contributed by atoms with Crippen LogP contribution >= 0.6 is 0 Å². The number of hydrogen-bond acceptors (Lipinski definition) is 6. The minimum absolute atomic E-state index is 0.0234. The van der Waals surface area contributed by atoms with Gasteiger partial charge in [0, 0.05) is 25.4 Å². The maximum Gasteiger partial charge on any atom is 0.407 e. The van der Waals surface area contributed by atoms with Crippen molar-refractivity contribution in [3.05, 3.63) is 0 Å². The van der Waals surface area contributed by atoms with Gasteiger partial charge in [0.05, 0.1) is 25.7 Å². The standard InChI is InChI=1S/C23H36N2O6/c1-14-8-7-11-31-22(29)24-10-6-5-9-15(21(28)30-4)12-17(26)19-18-16(23(18,2)3)13-25(19)20(14)27/h14-16,18-19H,5-13H2,1-4H3,(H,24,29)/t14-,15+,16-,18-,19+/m0/s1. The average molecular weight is 437 g/mol. The number of amides is 2. The van der Waals surface area contributed by atoms with E-state index in [-0.39, 0.29) is 42.0 Å². The third-order valence-electron chi connectivity index (χ3n) is 7.49. The van der Waals surface area contributed by atoms with Gasteiger partial charge in [-0.15, -0.1) is 0 Å². The van der Waals surface area contributed by atoms with E-state index < -0.39 is 24.0 Å². The molecule has 0 bridgehead atoms. The second kappa shape index (κ2) is 9.57. The molecule has 31 heavy (non-hydrogen) atoms. The highest BCUT2D eigenvalue weighted by atomic mass is 16.5. The number of fused-ring (bicyclic) bond motifs is 3. The highest BCUT2D eigenvalue weighted by Crippen LogP contribution is 2.65. The molecule has 2 saturated heterocycles. The van der Waals surface area contributed by atoms with Crippen molar-refractivity contribution in [2.24, 2.45) is 29.1 Å². The first-order valence-electron chi connectivity index (χ1n) is 11.5. The monoisotopic (exact) mass is 436 g/mol. The molecule has 3 fully saturated rings. The number of esters is 1. The first-order chi connectivity index (χ1) is 14.7. The summed E-state index contributed by atoms with van der Waals surface area (Å²) in [5.74, 6) is -0.757. The fourth-order valence-corrected chi connectivity index (χ4v) is 5.43. The number of carbonyl (C=O) groups is 4. The van der Waals surface area contributed by atoms with Crippen LogP contribution in [0.15, 0.2) is 0 Å². The minimum Gasteiger partial charge on any atom is -0.469 e. The lowest BCUT2D eigenvalue weighted by molar-refractivity contribution is -0.149. The Labute approximate surface area is 184 Å². The largest absolute Gasteiger partial charge is 0.469 e. The number of alkyl carbamates (subject to hydrolysis) is 1. The van der Waals surface area contributed by atoms with Crippen LogP contribution in [0.3, 0.4) is 0 Å². The van der Waals surface area contributed by atoms with Gasteiger partial charge >= 0.3 is 12.1 Å². The van der Waals surface area contributed by atoms with E-state index in [0.717, 1.165) is 0 Å². The normalized spacial score (nSPS) is 34.6. The number of nitrogens with zero attached hydrogens (tertiary/aromatic N) is 1. The smallest absolute Gasteiger partial charge is 0.407 e. The van der Waals surface area contributed by atoms with Crippen LogP contribution in [-0.4, -0.2) is 61.5 Å². The SMILES string of the molecule is COC(=O)[C@@H]1CCCCNC(=O)OCCC[C@H](C)C(=O)N2C[C@H]3[C@@H]([C@H]2C(=O)C1)C3(C)C. The van der Waals surface area contributed by atoms with Crippen molar-refractivity contribution in [3.63, 3.8) is 0 Å². The van der Waals surface area contributed by atoms with Crippen molar-refractivity contribution in [2.75, 3.05) is 26.8 Å². The Kier molecular flexibility index (Phi) is 7.27. The summed E-state index contributed by atoms with van der Waals surface area (Å²) in [5.41, 5.74) is 0.0414. The summed E-state index contributed by atoms with van der Waals surface area (Å²) >= 11 is 0. The quantitative estimate of drug-likeness (QED) is 0.634. The number of rotatable bonds is 1. The molecule has 0 aromatic carbocycles. The van der Waals surface area contributed by atoms with Gasteiger partial charge in [-0.25, -0.2) is 4.79 Å². The van der Waals surface area contributed by atoms with Crippen LogP contribution in [0.2, 0.25) is 0 Å². The number of nitrogens with one attached hydrogen (secondary N) is 1. The molecule has 8 heteroatoms. The summed E-state index contributed by atoms with van der Waals surface area (Å²) in [4.78, 5) is 52.5. The van der Waals surface area contributed by atoms with Gasteiger partial charge in [-0.05, 0) is 42.9 Å². The molecular formula is C23H36N2O6. The van der Waals surface area contributed by atoms with Crippen LogP contribution in [0.4, 0.5) is 4.79 Å². The fourth-order valence-electron chi connectivity index (χ4n) is 5.43. The lowest BCUT2D eigenvalue weighted by atomic mass is 9.89. The van der Waals surface area contributed by atoms with Crippen molar-refractivity contribution in [3.8, 4) is 0 Å². The molecule has 5 atom stereocenters. The molecule has 2 amide bonds. The minimum atomic E-state index is -0.532. The summed E-state index contributed by atoms with van der Waals surface area (Å²) in [6, 6.07) is -0.461. The molecule has 0 aromatic rings. The third kappa shape index (κ3) is 5.04. The zero-order valence-electron chi connectivity index (χ0n) is 19.1. The van der Waals surface area contributed by atoms with Crippen molar-refractivity contribution in [2.45, 2.75) is 65.3 Å². The predicted octanol–water partition coefficient (Wildman–Crippen LogP) is 2.54. The number of cyclic esters (lactones) is 1. The number of ketones is 1. The number of piperidine rings is 1. The van der Waals surface area contributed by atoms with Gasteiger partial charge in [0.25, 0.3) is 0 Å². The molecule has 1 aliphatic carbocycles. The molecule has 8 nitrogen and oxygen atoms in total. The highest BCUT2D eigenvalue weighted by Gasteiger charge is 2.69. The zero-order valence-corrected chi connectivity index (χ0v) is 19.1. The summed E-state index contributed by atoms with van der Waals surface area (Å²) in [6.07, 6.45) is 2.66. The maximum atomic E-state index is 13.4. The molecule has 3 aliphatic rings. The Morgan fingerprint density at radius 3 is 2.61 bits per heavy atom. The van der Waals surface area contributed by atoms with E-state index in [2.05, 4.69) is 19.2 Å². The van der Waals surface area contributed by atoms with Crippen LogP contribution in [0.25, 0.3) is 0 Å². The number of methoxy groups -OCH3 is 1. The summed E-state index contributed by atoms with van der Waals surface area (Å²) < 4.78 is 10.1. The van der Waals surface area contributed by atoms with Crippen LogP contribution in [0.5, 0.6) is 0 Å². The van der Waals surface area contributed by atoms with E-state index in [9.17, 15) is 19.2 Å². The van der Waals surface area contributed by atoms with Gasteiger partial charge in [-0.3, -0.25) is 14.4 Å². The molecule has 3 rings (SSSR count). The highest BCUT2D eigenvalue weighted by molar-refractivity contribution is 5.93. The summed E-state index contributed by atoms with van der Waals surface area (Å²) in [7, 11) is 1.33. The van der Waals surface area contributed by atoms with E-state index in [1.165, 1.54) is 7.11 Å². The Morgan fingerprint density at radius 1 is 1.16 bits per heavy atom. The Hall–Kier alpha value is -2.12. The third-order valence-corrected chi connectivity index (χ3v) is 7.49. The van der Waals surface area contributed by atoms with E-state index in [0.29, 0.717) is 51.1 Å². The summed E-state index contributed by atoms with van der Waals surface area (Å²) in [6.45, 7) is 7.48. The second-order valence-corrected chi connectivity index (χ2v) is 9.88. The fraction of sp³-hybridized carbons (Fsp3) is 0.826. The van der Waals surface area contributed by atoms with Crippen molar-refractivity contribution < 1.29 is 28.7 Å². The number of Topliss-reactive ketones (excluding diaryl/α,β-unsaturated/α-hetero) is 1. The van der Waals surface area contributed by atoms with Crippen molar-refractivity contribution >= 4 is 23.8 Å². The zero-order chi connectivity index (χ0) is 22.8. The van der Waals surface area contributed by atoms with Crippen LogP contribution in [-0.2, 0) is 23.9 Å². The molecule has 0 aromatic heterocycles. The molecule has 0 spiro atoms. The molecule has 2 aliphatic heterocycles. The Bertz CT molecular complexity index is 721. The van der Waals surface area contributed by atoms with Crippen molar-refractivity contribution in [1.82, 2.24) is 10.2 Å². The average Bonchev–Trinajstić information content (AvgIpc) is 3.07. The van der Waals surface area contributed by atoms with Gasteiger partial charge < -0.3 is 19.7 Å². The van der Waals surface area contributed by atoms with Crippen molar-refractivity contribution in [1.29, 1.82) is 0 Å². The maximum absolute atomic E-state index is 13.4. The first kappa shape index (κ1) is 23.5. The molecule has 1 saturated carbocycles. The Morgan fingerprint density at radius 2 is 1.90 bits per heavy atom. The van der Waals surface area contributed by atoms with E-state index in [4.69, 9.17) is 9.47 Å². The molecule has 1 N–H and O–H groups in total. The van der Waals surface area contributed by atoms with Gasteiger partial charge in [-0.2, -0.15) is 0 Å². The Balaban J connectivity index is 1.79. The topological polar surface area (TPSA) is 102 Å². The van der Waals surface area contributed by atoms with E-state index >= 15 is 0 Å². The lowest BCUT2D eigenvalue weighted by Crippen LogP contribution is -2.48. The molecule has 0 radical (unpaired) electrons. The first-order valence-corrected chi connectivity index (χ1v) is 11.5. The molecular weight excluding hydrogens is 400 g/mol. The van der Waals surface area contributed by atoms with E-state index in [1.807, 2.05) is 6.92 Å². The number of hydrogen-bond donors (Lipinski definition) is 1. The second-order valence-electron chi connectivity index (χ2n) is 9.88. The van der Waals surface area contributed by atoms with Gasteiger partial charge in [-0.1, -0.05) is 27.2 Å². The van der Waals surface area contributed by atoms with Gasteiger partial charge in [0.15, 0.2) is 5.78 Å². The molecule has 0 unspecified atom stereocenters. The van der Waals surface area contributed by atoms with Gasteiger partial charge in [0.1, 0.15) is 0 Å². The predicted molar refractivity (Wildman–Crippen MR) is 113 cm³/mol. The number of carbonyl (C=O) groups excluding carboxylic acids is 4. The van der Waals surface area contributed by atoms with E-state index in [1.54, 1.807) is 4.90 Å². The summed E-state index contributed by atoms with van der Waals surface area (Å²) in [5, 5.41) is 2.70. The lowest BCUT2D eigenvalue weighted by Gasteiger charge is -2.32. The molecule has 174 valence electrons. The number of ether oxygens (including phenoxy) is 2. The molecule has 2 heterocycles.